The Morgan fingerprint density at radius 1 is 1.21 bits per heavy atom. The maximum absolute atomic E-state index is 10.9. The summed E-state index contributed by atoms with van der Waals surface area (Å²) in [7, 11) is -3.18. The molecule has 8 heteroatoms. The van der Waals surface area contributed by atoms with Gasteiger partial charge in [-0.05, 0) is 23.7 Å². The van der Waals surface area contributed by atoms with Crippen molar-refractivity contribution in [1.29, 1.82) is 0 Å². The van der Waals surface area contributed by atoms with Gasteiger partial charge in [-0.15, -0.1) is 0 Å². The molecule has 1 aromatic carbocycles. The van der Waals surface area contributed by atoms with Crippen LogP contribution in [0.4, 0.5) is 5.82 Å². The Bertz CT molecular complexity index is 690. The Labute approximate surface area is 116 Å². The molecule has 1 heterocycles. The molecule has 0 atom stereocenters. The highest BCUT2D eigenvalue weighted by molar-refractivity contribution is 7.88. The van der Waals surface area contributed by atoms with Crippen LogP contribution in [0.1, 0.15) is 0 Å². The van der Waals surface area contributed by atoms with E-state index in [0.717, 1.165) is 17.2 Å². The van der Waals surface area contributed by atoms with Gasteiger partial charge < -0.3 is 5.32 Å². The molecule has 19 heavy (non-hydrogen) atoms. The zero-order chi connectivity index (χ0) is 13.9. The zero-order valence-electron chi connectivity index (χ0n) is 10.2. The summed E-state index contributed by atoms with van der Waals surface area (Å²) >= 11 is 5.84. The summed E-state index contributed by atoms with van der Waals surface area (Å²) < 4.78 is 24.2. The highest BCUT2D eigenvalue weighted by Gasteiger charge is 2.06. The van der Waals surface area contributed by atoms with E-state index >= 15 is 0 Å². The van der Waals surface area contributed by atoms with E-state index in [1.165, 1.54) is 0 Å². The van der Waals surface area contributed by atoms with Gasteiger partial charge in [0, 0.05) is 18.5 Å². The topological polar surface area (TPSA) is 84.0 Å². The fourth-order valence-corrected chi connectivity index (χ4v) is 2.25. The summed E-state index contributed by atoms with van der Waals surface area (Å²) in [6.45, 7) is 0.680. The second-order valence-electron chi connectivity index (χ2n) is 3.95. The first-order valence-corrected chi connectivity index (χ1v) is 7.83. The molecule has 0 fully saturated rings. The van der Waals surface area contributed by atoms with Crippen LogP contribution in [0.2, 0.25) is 5.28 Å². The Kier molecular flexibility index (Phi) is 4.18. The summed E-state index contributed by atoms with van der Waals surface area (Å²) in [5.41, 5.74) is 0.737. The molecule has 1 aromatic heterocycles. The second-order valence-corrected chi connectivity index (χ2v) is 6.12. The Morgan fingerprint density at radius 3 is 2.68 bits per heavy atom. The lowest BCUT2D eigenvalue weighted by atomic mass is 10.2. The molecule has 0 aliphatic rings. The Hall–Kier alpha value is -1.44. The van der Waals surface area contributed by atoms with E-state index in [4.69, 9.17) is 11.6 Å². The minimum atomic E-state index is -3.18. The number of anilines is 1. The fraction of sp³-hybridized carbons (Fsp3) is 0.273. The van der Waals surface area contributed by atoms with Crippen molar-refractivity contribution in [3.8, 4) is 0 Å². The second kappa shape index (κ2) is 5.68. The van der Waals surface area contributed by atoms with Crippen LogP contribution in [0.3, 0.4) is 0 Å². The van der Waals surface area contributed by atoms with E-state index in [-0.39, 0.29) is 11.8 Å². The van der Waals surface area contributed by atoms with Crippen molar-refractivity contribution >= 4 is 38.3 Å². The molecule has 0 amide bonds. The van der Waals surface area contributed by atoms with E-state index in [2.05, 4.69) is 20.0 Å². The smallest absolute Gasteiger partial charge is 0.224 e. The monoisotopic (exact) mass is 300 g/mol. The number of benzene rings is 1. The first kappa shape index (κ1) is 14.0. The third kappa shape index (κ3) is 4.02. The molecular weight excluding hydrogens is 288 g/mol. The largest absolute Gasteiger partial charge is 0.368 e. The Balaban J connectivity index is 2.12. The van der Waals surface area contributed by atoms with Crippen molar-refractivity contribution in [2.24, 2.45) is 0 Å². The number of aromatic nitrogens is 2. The zero-order valence-corrected chi connectivity index (χ0v) is 11.8. The van der Waals surface area contributed by atoms with Crippen molar-refractivity contribution in [1.82, 2.24) is 14.7 Å². The number of nitrogens with one attached hydrogen (secondary N) is 2. The molecule has 0 spiro atoms. The van der Waals surface area contributed by atoms with Crippen molar-refractivity contribution in [3.63, 3.8) is 0 Å². The number of sulfonamides is 1. The van der Waals surface area contributed by atoms with Crippen molar-refractivity contribution in [2.75, 3.05) is 24.7 Å². The molecule has 0 aliphatic carbocycles. The quantitative estimate of drug-likeness (QED) is 0.641. The van der Waals surface area contributed by atoms with E-state index in [0.29, 0.717) is 12.4 Å². The van der Waals surface area contributed by atoms with Gasteiger partial charge in [0.1, 0.15) is 5.82 Å². The number of nitrogens with zero attached hydrogens (tertiary/aromatic N) is 2. The van der Waals surface area contributed by atoms with Gasteiger partial charge in [-0.25, -0.2) is 23.1 Å². The molecule has 0 bridgehead atoms. The highest BCUT2D eigenvalue weighted by Crippen LogP contribution is 2.21. The lowest BCUT2D eigenvalue weighted by Crippen LogP contribution is -2.27. The number of hydrogen-bond donors (Lipinski definition) is 2. The molecule has 0 radical (unpaired) electrons. The number of rotatable bonds is 5. The van der Waals surface area contributed by atoms with Crippen molar-refractivity contribution < 1.29 is 8.42 Å². The number of halogens is 1. The molecule has 2 rings (SSSR count). The molecule has 6 nitrogen and oxygen atoms in total. The van der Waals surface area contributed by atoms with Gasteiger partial charge in [0.05, 0.1) is 11.8 Å². The van der Waals surface area contributed by atoms with Crippen LogP contribution >= 0.6 is 11.6 Å². The fourth-order valence-electron chi connectivity index (χ4n) is 1.60. The minimum absolute atomic E-state index is 0.150. The molecule has 0 unspecified atom stereocenters. The van der Waals surface area contributed by atoms with E-state index in [1.807, 2.05) is 24.3 Å². The lowest BCUT2D eigenvalue weighted by Gasteiger charge is -2.09. The first-order chi connectivity index (χ1) is 8.96. The predicted octanol–water partition coefficient (Wildman–Crippen LogP) is 1.24. The molecule has 2 aromatic rings. The van der Waals surface area contributed by atoms with Crippen LogP contribution in [0.15, 0.2) is 24.3 Å². The van der Waals surface area contributed by atoms with Gasteiger partial charge >= 0.3 is 0 Å². The van der Waals surface area contributed by atoms with Gasteiger partial charge in [0.25, 0.3) is 0 Å². The SMILES string of the molecule is CS(=O)(=O)NCCNc1nc(Cl)nc2ccccc12. The van der Waals surface area contributed by atoms with E-state index < -0.39 is 10.0 Å². The summed E-state index contributed by atoms with van der Waals surface area (Å²) in [6.07, 6.45) is 1.12. The summed E-state index contributed by atoms with van der Waals surface area (Å²) in [6, 6.07) is 7.45. The summed E-state index contributed by atoms with van der Waals surface area (Å²) in [5, 5.41) is 4.03. The minimum Gasteiger partial charge on any atom is -0.368 e. The Morgan fingerprint density at radius 2 is 1.95 bits per heavy atom. The number of para-hydroxylation sites is 1. The number of hydrogen-bond acceptors (Lipinski definition) is 5. The maximum Gasteiger partial charge on any atom is 0.224 e. The van der Waals surface area contributed by atoms with Crippen LogP contribution in [0, 0.1) is 0 Å². The first-order valence-electron chi connectivity index (χ1n) is 5.56. The molecule has 0 saturated carbocycles. The molecule has 0 aliphatic heterocycles. The van der Waals surface area contributed by atoms with Gasteiger partial charge in [-0.2, -0.15) is 0 Å². The van der Waals surface area contributed by atoms with Crippen LogP contribution in [-0.2, 0) is 10.0 Å². The third-order valence-corrected chi connectivity index (χ3v) is 3.26. The standard InChI is InChI=1S/C11H13ClN4O2S/c1-19(17,18)14-7-6-13-10-8-4-2-3-5-9(8)15-11(12)16-10/h2-5,14H,6-7H2,1H3,(H,13,15,16). The third-order valence-electron chi connectivity index (χ3n) is 2.36. The van der Waals surface area contributed by atoms with E-state index in [1.54, 1.807) is 0 Å². The highest BCUT2D eigenvalue weighted by atomic mass is 35.5. The van der Waals surface area contributed by atoms with Gasteiger partial charge in [0.2, 0.25) is 15.3 Å². The van der Waals surface area contributed by atoms with Crippen molar-refractivity contribution in [2.45, 2.75) is 0 Å². The maximum atomic E-state index is 10.9. The van der Waals surface area contributed by atoms with Gasteiger partial charge in [-0.3, -0.25) is 0 Å². The van der Waals surface area contributed by atoms with E-state index in [9.17, 15) is 8.42 Å². The average molecular weight is 301 g/mol. The molecule has 102 valence electrons. The number of fused-ring (bicyclic) bond motifs is 1. The van der Waals surface area contributed by atoms with Gasteiger partial charge in [-0.1, -0.05) is 12.1 Å². The van der Waals surface area contributed by atoms with Crippen LogP contribution < -0.4 is 10.0 Å². The molecular formula is C11H13ClN4O2S. The lowest BCUT2D eigenvalue weighted by molar-refractivity contribution is 0.589. The summed E-state index contributed by atoms with van der Waals surface area (Å²) in [4.78, 5) is 8.21. The normalized spacial score (nSPS) is 11.7. The van der Waals surface area contributed by atoms with Crippen LogP contribution in [-0.4, -0.2) is 37.7 Å². The van der Waals surface area contributed by atoms with Crippen LogP contribution in [0.25, 0.3) is 10.9 Å². The summed E-state index contributed by atoms with van der Waals surface area (Å²) in [5.74, 6) is 0.589. The average Bonchev–Trinajstić information content (AvgIpc) is 2.33. The van der Waals surface area contributed by atoms with Gasteiger partial charge in [0.15, 0.2) is 0 Å². The molecule has 0 saturated heterocycles. The predicted molar refractivity (Wildman–Crippen MR) is 75.9 cm³/mol. The molecule has 2 N–H and O–H groups in total. The van der Waals surface area contributed by atoms with Crippen molar-refractivity contribution in [3.05, 3.63) is 29.5 Å². The van der Waals surface area contributed by atoms with Crippen LogP contribution in [0.5, 0.6) is 0 Å².